The van der Waals surface area contributed by atoms with Crippen molar-refractivity contribution in [2.24, 2.45) is 5.92 Å². The Bertz CT molecular complexity index is 703. The number of nitrogens with one attached hydrogen (secondary N) is 2. The van der Waals surface area contributed by atoms with E-state index in [1.165, 1.54) is 12.8 Å². The molecule has 0 aromatic heterocycles. The Morgan fingerprint density at radius 1 is 1.14 bits per heavy atom. The standard InChI is InChI=1S/C20H28N4O2.2ClH/c1-23-9-8-19(25)22-17-12-15(4-5-18(17)23)20(26)24-10-6-16(7-11-24)21-13-14-2-3-14;;/h4-5,12,14,16,21H,2-3,6-11,13H2,1H3,(H,22,25);2*1H. The van der Waals surface area contributed by atoms with Gasteiger partial charge >= 0.3 is 0 Å². The van der Waals surface area contributed by atoms with Crippen LogP contribution in [0.4, 0.5) is 11.4 Å². The third-order valence-electron chi connectivity index (χ3n) is 5.78. The fraction of sp³-hybridized carbons (Fsp3) is 0.600. The number of piperidine rings is 1. The Kier molecular flexibility index (Phi) is 7.98. The highest BCUT2D eigenvalue weighted by molar-refractivity contribution is 6.01. The second-order valence-electron chi connectivity index (χ2n) is 7.87. The van der Waals surface area contributed by atoms with Gasteiger partial charge in [-0.25, -0.2) is 0 Å². The van der Waals surface area contributed by atoms with E-state index >= 15 is 0 Å². The lowest BCUT2D eigenvalue weighted by atomic mass is 10.0. The fourth-order valence-electron chi connectivity index (χ4n) is 3.83. The zero-order valence-electron chi connectivity index (χ0n) is 16.3. The van der Waals surface area contributed by atoms with Crippen molar-refractivity contribution in [2.45, 2.75) is 38.1 Å². The lowest BCUT2D eigenvalue weighted by Crippen LogP contribution is -2.45. The van der Waals surface area contributed by atoms with E-state index in [9.17, 15) is 9.59 Å². The molecular weight excluding hydrogens is 399 g/mol. The monoisotopic (exact) mass is 428 g/mol. The zero-order valence-corrected chi connectivity index (χ0v) is 17.9. The van der Waals surface area contributed by atoms with Crippen LogP contribution in [-0.2, 0) is 4.79 Å². The molecule has 28 heavy (non-hydrogen) atoms. The summed E-state index contributed by atoms with van der Waals surface area (Å²) in [6, 6.07) is 6.19. The molecule has 2 amide bonds. The number of carbonyl (C=O) groups excluding carboxylic acids is 2. The lowest BCUT2D eigenvalue weighted by molar-refractivity contribution is -0.115. The van der Waals surface area contributed by atoms with Crippen LogP contribution < -0.4 is 15.5 Å². The highest BCUT2D eigenvalue weighted by atomic mass is 35.5. The number of benzene rings is 1. The average Bonchev–Trinajstić information content (AvgIpc) is 3.49. The van der Waals surface area contributed by atoms with Gasteiger partial charge < -0.3 is 20.4 Å². The third-order valence-corrected chi connectivity index (χ3v) is 5.78. The van der Waals surface area contributed by atoms with Crippen LogP contribution in [0.5, 0.6) is 0 Å². The molecule has 3 aliphatic rings. The average molecular weight is 429 g/mol. The number of rotatable bonds is 4. The first kappa shape index (κ1) is 22.8. The van der Waals surface area contributed by atoms with Crippen molar-refractivity contribution >= 4 is 48.0 Å². The molecule has 1 saturated heterocycles. The van der Waals surface area contributed by atoms with Crippen LogP contribution in [0.25, 0.3) is 0 Å². The third kappa shape index (κ3) is 5.31. The van der Waals surface area contributed by atoms with Crippen LogP contribution in [0.2, 0.25) is 0 Å². The van der Waals surface area contributed by atoms with Crippen molar-refractivity contribution in [1.29, 1.82) is 0 Å². The zero-order chi connectivity index (χ0) is 18.1. The molecule has 0 bridgehead atoms. The Hall–Kier alpha value is -1.50. The summed E-state index contributed by atoms with van der Waals surface area (Å²) in [6.45, 7) is 3.42. The minimum absolute atomic E-state index is 0. The van der Waals surface area contributed by atoms with Gasteiger partial charge in [0.1, 0.15) is 0 Å². The number of hydrogen-bond acceptors (Lipinski definition) is 4. The van der Waals surface area contributed by atoms with E-state index in [4.69, 9.17) is 0 Å². The number of halogens is 2. The molecule has 0 spiro atoms. The summed E-state index contributed by atoms with van der Waals surface area (Å²) in [5, 5.41) is 6.58. The topological polar surface area (TPSA) is 64.7 Å². The number of fused-ring (bicyclic) bond motifs is 1. The van der Waals surface area contributed by atoms with E-state index in [-0.39, 0.29) is 36.6 Å². The largest absolute Gasteiger partial charge is 0.372 e. The number of nitrogens with zero attached hydrogens (tertiary/aromatic N) is 2. The highest BCUT2D eigenvalue weighted by Crippen LogP contribution is 2.30. The summed E-state index contributed by atoms with van der Waals surface area (Å²) < 4.78 is 0. The first-order chi connectivity index (χ1) is 12.6. The minimum Gasteiger partial charge on any atom is -0.372 e. The fourth-order valence-corrected chi connectivity index (χ4v) is 3.83. The summed E-state index contributed by atoms with van der Waals surface area (Å²) in [7, 11) is 1.97. The number of amides is 2. The molecule has 1 aromatic carbocycles. The number of hydrogen-bond donors (Lipinski definition) is 2. The normalized spacial score (nSPS) is 19.7. The summed E-state index contributed by atoms with van der Waals surface area (Å²) in [5.74, 6) is 0.958. The van der Waals surface area contributed by atoms with E-state index in [2.05, 4.69) is 15.5 Å². The molecule has 6 nitrogen and oxygen atoms in total. The Morgan fingerprint density at radius 3 is 2.54 bits per heavy atom. The predicted octanol–water partition coefficient (Wildman–Crippen LogP) is 2.91. The quantitative estimate of drug-likeness (QED) is 0.773. The van der Waals surface area contributed by atoms with Gasteiger partial charge in [0.2, 0.25) is 5.91 Å². The van der Waals surface area contributed by atoms with E-state index in [0.717, 1.165) is 49.8 Å². The van der Waals surface area contributed by atoms with Crippen molar-refractivity contribution in [3.8, 4) is 0 Å². The molecule has 0 unspecified atom stereocenters. The number of carbonyl (C=O) groups is 2. The molecule has 1 aliphatic carbocycles. The summed E-state index contributed by atoms with van der Waals surface area (Å²) in [4.78, 5) is 28.8. The van der Waals surface area contributed by atoms with E-state index < -0.39 is 0 Å². The Balaban J connectivity index is 0.00000140. The molecule has 4 rings (SSSR count). The van der Waals surface area contributed by atoms with Crippen molar-refractivity contribution in [3.05, 3.63) is 23.8 Å². The molecule has 2 N–H and O–H groups in total. The van der Waals surface area contributed by atoms with Crippen LogP contribution in [0, 0.1) is 5.92 Å². The molecule has 0 atom stereocenters. The molecule has 1 aromatic rings. The number of anilines is 2. The SMILES string of the molecule is CN1CCC(=O)Nc2cc(C(=O)N3CCC(NCC4CC4)CC3)ccc21.Cl.Cl. The Labute approximate surface area is 179 Å². The highest BCUT2D eigenvalue weighted by Gasteiger charge is 2.27. The maximum atomic E-state index is 12.9. The van der Waals surface area contributed by atoms with Crippen LogP contribution in [0.15, 0.2) is 18.2 Å². The number of likely N-dealkylation sites (tertiary alicyclic amines) is 1. The van der Waals surface area contributed by atoms with Gasteiger partial charge in [0.15, 0.2) is 0 Å². The van der Waals surface area contributed by atoms with Crippen LogP contribution in [0.1, 0.15) is 42.5 Å². The van der Waals surface area contributed by atoms with Crippen LogP contribution in [0.3, 0.4) is 0 Å². The van der Waals surface area contributed by atoms with Crippen molar-refractivity contribution < 1.29 is 9.59 Å². The van der Waals surface area contributed by atoms with Gasteiger partial charge in [0.25, 0.3) is 5.91 Å². The molecule has 156 valence electrons. The first-order valence-corrected chi connectivity index (χ1v) is 9.78. The van der Waals surface area contributed by atoms with Crippen LogP contribution in [-0.4, -0.2) is 56.0 Å². The Morgan fingerprint density at radius 2 is 1.86 bits per heavy atom. The molecule has 2 fully saturated rings. The van der Waals surface area contributed by atoms with E-state index in [1.54, 1.807) is 0 Å². The van der Waals surface area contributed by atoms with E-state index in [0.29, 0.717) is 24.6 Å². The summed E-state index contributed by atoms with van der Waals surface area (Å²) in [5.41, 5.74) is 2.36. The van der Waals surface area contributed by atoms with Crippen molar-refractivity contribution in [3.63, 3.8) is 0 Å². The maximum Gasteiger partial charge on any atom is 0.253 e. The van der Waals surface area contributed by atoms with Gasteiger partial charge in [0, 0.05) is 44.7 Å². The smallest absolute Gasteiger partial charge is 0.253 e. The van der Waals surface area contributed by atoms with Gasteiger partial charge in [0.05, 0.1) is 11.4 Å². The van der Waals surface area contributed by atoms with Crippen molar-refractivity contribution in [2.75, 3.05) is 43.4 Å². The van der Waals surface area contributed by atoms with Crippen molar-refractivity contribution in [1.82, 2.24) is 10.2 Å². The predicted molar refractivity (Wildman–Crippen MR) is 117 cm³/mol. The van der Waals surface area contributed by atoms with Gasteiger partial charge in [-0.2, -0.15) is 0 Å². The second-order valence-corrected chi connectivity index (χ2v) is 7.87. The molecule has 2 aliphatic heterocycles. The molecule has 0 radical (unpaired) electrons. The summed E-state index contributed by atoms with van der Waals surface area (Å²) >= 11 is 0. The molecule has 8 heteroatoms. The van der Waals surface area contributed by atoms with Gasteiger partial charge in [-0.05, 0) is 56.3 Å². The minimum atomic E-state index is 0. The van der Waals surface area contributed by atoms with Gasteiger partial charge in [-0.3, -0.25) is 9.59 Å². The second kappa shape index (κ2) is 9.81. The molecule has 2 heterocycles. The lowest BCUT2D eigenvalue weighted by Gasteiger charge is -2.33. The van der Waals surface area contributed by atoms with Gasteiger partial charge in [-0.15, -0.1) is 24.8 Å². The van der Waals surface area contributed by atoms with Gasteiger partial charge in [-0.1, -0.05) is 0 Å². The van der Waals surface area contributed by atoms with Crippen LogP contribution >= 0.6 is 24.8 Å². The van der Waals surface area contributed by atoms with E-state index in [1.807, 2.05) is 30.1 Å². The first-order valence-electron chi connectivity index (χ1n) is 9.78. The summed E-state index contributed by atoms with van der Waals surface area (Å²) in [6.07, 6.45) is 5.24. The maximum absolute atomic E-state index is 12.9. The molecular formula is C20H30Cl2N4O2. The molecule has 1 saturated carbocycles.